The first-order chi connectivity index (χ1) is 12.4. The monoisotopic (exact) mass is 423 g/mol. The number of benzene rings is 2. The van der Waals surface area contributed by atoms with Gasteiger partial charge in [-0.2, -0.15) is 0 Å². The molecule has 0 radical (unpaired) electrons. The molecule has 132 valence electrons. The summed E-state index contributed by atoms with van der Waals surface area (Å²) in [6.45, 7) is 0. The van der Waals surface area contributed by atoms with Gasteiger partial charge in [0.05, 0.1) is 21.7 Å². The van der Waals surface area contributed by atoms with E-state index in [-0.39, 0.29) is 13.6 Å². The maximum Gasteiger partial charge on any atom is 0.271 e. The average Bonchev–Trinajstić information content (AvgIpc) is 3.19. The molecular formula is C17H11Cl2N3O2S2. The number of H-pyrrole nitrogens is 1. The van der Waals surface area contributed by atoms with Crippen LogP contribution in [0.5, 0.6) is 0 Å². The van der Waals surface area contributed by atoms with Crippen LogP contribution in [-0.4, -0.2) is 18.4 Å². The lowest BCUT2D eigenvalue weighted by Gasteiger charge is -2.10. The van der Waals surface area contributed by atoms with E-state index in [1.807, 2.05) is 30.3 Å². The maximum atomic E-state index is 12.7. The third kappa shape index (κ3) is 3.19. The van der Waals surface area contributed by atoms with Crippen molar-refractivity contribution in [2.75, 3.05) is 4.72 Å². The van der Waals surface area contributed by atoms with Crippen molar-refractivity contribution in [3.63, 3.8) is 0 Å². The number of fused-ring (bicyclic) bond motifs is 1. The van der Waals surface area contributed by atoms with Gasteiger partial charge in [0.2, 0.25) is 0 Å². The Morgan fingerprint density at radius 2 is 1.77 bits per heavy atom. The van der Waals surface area contributed by atoms with Gasteiger partial charge in [-0.1, -0.05) is 47.5 Å². The van der Waals surface area contributed by atoms with Crippen molar-refractivity contribution in [1.82, 2.24) is 9.97 Å². The van der Waals surface area contributed by atoms with E-state index in [1.54, 1.807) is 18.2 Å². The second kappa shape index (κ2) is 6.59. The molecule has 0 bridgehead atoms. The molecule has 0 fully saturated rings. The van der Waals surface area contributed by atoms with Gasteiger partial charge in [-0.05, 0) is 30.3 Å². The largest absolute Gasteiger partial charge is 0.338 e. The zero-order chi connectivity index (χ0) is 18.3. The Bertz CT molecular complexity index is 1160. The molecule has 0 spiro atoms. The van der Waals surface area contributed by atoms with Gasteiger partial charge in [0, 0.05) is 5.56 Å². The highest BCUT2D eigenvalue weighted by Gasteiger charge is 2.21. The fourth-order valence-corrected chi connectivity index (χ4v) is 5.47. The number of halogens is 2. The summed E-state index contributed by atoms with van der Waals surface area (Å²) in [4.78, 5) is 7.74. The van der Waals surface area contributed by atoms with Crippen LogP contribution in [0.25, 0.3) is 22.4 Å². The number of thiophene rings is 1. The molecule has 0 amide bonds. The normalized spacial score (nSPS) is 11.8. The van der Waals surface area contributed by atoms with Gasteiger partial charge < -0.3 is 4.98 Å². The number of nitrogens with one attached hydrogen (secondary N) is 2. The molecule has 0 unspecified atom stereocenters. The van der Waals surface area contributed by atoms with Crippen LogP contribution in [0.3, 0.4) is 0 Å². The van der Waals surface area contributed by atoms with Gasteiger partial charge in [0.25, 0.3) is 10.0 Å². The van der Waals surface area contributed by atoms with Crippen molar-refractivity contribution >= 4 is 61.3 Å². The van der Waals surface area contributed by atoms with Gasteiger partial charge in [0.15, 0.2) is 0 Å². The van der Waals surface area contributed by atoms with E-state index < -0.39 is 10.0 Å². The summed E-state index contributed by atoms with van der Waals surface area (Å²) in [5, 5.41) is 0.211. The highest BCUT2D eigenvalue weighted by molar-refractivity contribution is 7.94. The molecule has 5 nitrogen and oxygen atoms in total. The minimum Gasteiger partial charge on any atom is -0.338 e. The van der Waals surface area contributed by atoms with Crippen molar-refractivity contribution in [3.05, 3.63) is 64.0 Å². The molecule has 0 saturated carbocycles. The summed E-state index contributed by atoms with van der Waals surface area (Å²) in [6, 6.07) is 16.0. The second-order valence-corrected chi connectivity index (χ2v) is 9.41. The van der Waals surface area contributed by atoms with Gasteiger partial charge in [0.1, 0.15) is 14.4 Å². The molecule has 2 N–H and O–H groups in total. The van der Waals surface area contributed by atoms with E-state index in [0.29, 0.717) is 17.1 Å². The number of nitrogens with zero attached hydrogens (tertiary/aromatic N) is 1. The third-order valence-electron chi connectivity index (χ3n) is 3.70. The van der Waals surface area contributed by atoms with E-state index >= 15 is 0 Å². The molecule has 4 aromatic rings. The highest BCUT2D eigenvalue weighted by atomic mass is 35.5. The number of hydrogen-bond acceptors (Lipinski definition) is 4. The number of aromatic nitrogens is 2. The standard InChI is InChI=1S/C17H11Cl2N3O2S2/c18-11-9-15(25-16(11)19)26(23,24)22-12-6-2-1-5-10(12)17-20-13-7-3-4-8-14(13)21-17/h1-9,22H,(H,20,21). The number of imidazole rings is 1. The Labute approximate surface area is 163 Å². The predicted octanol–water partition coefficient (Wildman–Crippen LogP) is 5.40. The van der Waals surface area contributed by atoms with Crippen molar-refractivity contribution in [3.8, 4) is 11.4 Å². The lowest BCUT2D eigenvalue weighted by Crippen LogP contribution is -2.12. The summed E-state index contributed by atoms with van der Waals surface area (Å²) in [5.41, 5.74) is 2.72. The number of sulfonamides is 1. The fourth-order valence-electron chi connectivity index (χ4n) is 2.51. The summed E-state index contributed by atoms with van der Waals surface area (Å²) < 4.78 is 28.2. The second-order valence-electron chi connectivity index (χ2n) is 5.44. The predicted molar refractivity (Wildman–Crippen MR) is 107 cm³/mol. The summed E-state index contributed by atoms with van der Waals surface area (Å²) in [7, 11) is -3.82. The SMILES string of the molecule is O=S(=O)(Nc1ccccc1-c1nc2ccccc2[nH]1)c1cc(Cl)c(Cl)s1. The van der Waals surface area contributed by atoms with E-state index in [9.17, 15) is 8.42 Å². The van der Waals surface area contributed by atoms with Crippen LogP contribution in [-0.2, 0) is 10.0 Å². The molecule has 4 rings (SSSR count). The molecule has 2 heterocycles. The van der Waals surface area contributed by atoms with Gasteiger partial charge in [-0.3, -0.25) is 4.72 Å². The Kier molecular flexibility index (Phi) is 4.40. The van der Waals surface area contributed by atoms with Crippen molar-refractivity contribution in [2.24, 2.45) is 0 Å². The first kappa shape index (κ1) is 17.4. The number of para-hydroxylation sites is 3. The Hall–Kier alpha value is -2.06. The van der Waals surface area contributed by atoms with Crippen LogP contribution in [0, 0.1) is 0 Å². The van der Waals surface area contributed by atoms with Crippen LogP contribution in [0.2, 0.25) is 9.36 Å². The fraction of sp³-hybridized carbons (Fsp3) is 0. The lowest BCUT2D eigenvalue weighted by atomic mass is 10.2. The average molecular weight is 424 g/mol. The molecule has 0 atom stereocenters. The highest BCUT2D eigenvalue weighted by Crippen LogP contribution is 2.36. The Balaban J connectivity index is 1.76. The van der Waals surface area contributed by atoms with Crippen LogP contribution in [0.1, 0.15) is 0 Å². The molecule has 2 aromatic carbocycles. The zero-order valence-corrected chi connectivity index (χ0v) is 16.2. The number of hydrogen-bond donors (Lipinski definition) is 2. The first-order valence-electron chi connectivity index (χ1n) is 7.46. The van der Waals surface area contributed by atoms with Gasteiger partial charge >= 0.3 is 0 Å². The maximum absolute atomic E-state index is 12.7. The van der Waals surface area contributed by atoms with Crippen LogP contribution >= 0.6 is 34.5 Å². The zero-order valence-electron chi connectivity index (χ0n) is 13.0. The van der Waals surface area contributed by atoms with E-state index in [0.717, 1.165) is 22.4 Å². The number of anilines is 1. The number of aromatic amines is 1. The summed E-state index contributed by atoms with van der Waals surface area (Å²) in [5.74, 6) is 0.576. The molecule has 0 aliphatic rings. The molecule has 0 saturated heterocycles. The minimum absolute atomic E-state index is 0.0481. The molecule has 2 aromatic heterocycles. The molecule has 0 aliphatic heterocycles. The molecule has 9 heteroatoms. The van der Waals surface area contributed by atoms with Crippen molar-refractivity contribution in [1.29, 1.82) is 0 Å². The molecule has 0 aliphatic carbocycles. The minimum atomic E-state index is -3.82. The first-order valence-corrected chi connectivity index (χ1v) is 10.5. The Morgan fingerprint density at radius 1 is 1.04 bits per heavy atom. The van der Waals surface area contributed by atoms with E-state index in [4.69, 9.17) is 23.2 Å². The van der Waals surface area contributed by atoms with Crippen molar-refractivity contribution < 1.29 is 8.42 Å². The quantitative estimate of drug-likeness (QED) is 0.461. The van der Waals surface area contributed by atoms with Crippen molar-refractivity contribution in [2.45, 2.75) is 4.21 Å². The van der Waals surface area contributed by atoms with E-state index in [1.165, 1.54) is 6.07 Å². The molecule has 26 heavy (non-hydrogen) atoms. The Morgan fingerprint density at radius 3 is 2.50 bits per heavy atom. The smallest absolute Gasteiger partial charge is 0.271 e. The third-order valence-corrected chi connectivity index (χ3v) is 7.41. The van der Waals surface area contributed by atoms with Crippen LogP contribution < -0.4 is 4.72 Å². The lowest BCUT2D eigenvalue weighted by molar-refractivity contribution is 0.603. The van der Waals surface area contributed by atoms with E-state index in [2.05, 4.69) is 14.7 Å². The van der Waals surface area contributed by atoms with Gasteiger partial charge in [-0.25, -0.2) is 13.4 Å². The molecular weight excluding hydrogens is 413 g/mol. The number of rotatable bonds is 4. The van der Waals surface area contributed by atoms with Crippen LogP contribution in [0.4, 0.5) is 5.69 Å². The van der Waals surface area contributed by atoms with Gasteiger partial charge in [-0.15, -0.1) is 11.3 Å². The van der Waals surface area contributed by atoms with Crippen LogP contribution in [0.15, 0.2) is 58.8 Å². The summed E-state index contributed by atoms with van der Waals surface area (Å²) >= 11 is 12.7. The summed E-state index contributed by atoms with van der Waals surface area (Å²) in [6.07, 6.45) is 0. The topological polar surface area (TPSA) is 74.8 Å².